The van der Waals surface area contributed by atoms with E-state index >= 15 is 8.42 Å². The Morgan fingerprint density at radius 1 is 0.789 bits per heavy atom. The molecule has 0 atom stereocenters. The third kappa shape index (κ3) is 8.03. The SMILES string of the molecule is COc1ccc(CN(Cc2ccc(OC)cc2)S(=O)(=O)c2c(CC3CNC3)ccc(-c3ccc4nc(N)[nH]c4c3)c2-c2nnn(Cc3ccc(OC)cc3)n2)cc1. The summed E-state index contributed by atoms with van der Waals surface area (Å²) in [7, 11) is 0.505. The molecule has 1 saturated heterocycles. The zero-order chi connectivity index (χ0) is 39.5. The molecule has 0 amide bonds. The maximum atomic E-state index is 15.8. The van der Waals surface area contributed by atoms with Gasteiger partial charge in [-0.25, -0.2) is 13.4 Å². The summed E-state index contributed by atoms with van der Waals surface area (Å²) in [6.07, 6.45) is 0.532. The van der Waals surface area contributed by atoms with Crippen LogP contribution in [-0.2, 0) is 36.1 Å². The maximum absolute atomic E-state index is 15.8. The Kier molecular flexibility index (Phi) is 10.6. The zero-order valence-electron chi connectivity index (χ0n) is 31.8. The predicted octanol–water partition coefficient (Wildman–Crippen LogP) is 5.69. The number of hydrogen-bond donors (Lipinski definition) is 3. The molecule has 0 unspecified atom stereocenters. The van der Waals surface area contributed by atoms with E-state index in [0.717, 1.165) is 41.1 Å². The number of hydrogen-bond acceptors (Lipinski definition) is 11. The monoisotopic (exact) mass is 785 g/mol. The van der Waals surface area contributed by atoms with Gasteiger partial charge in [0, 0.05) is 13.1 Å². The van der Waals surface area contributed by atoms with Crippen LogP contribution < -0.4 is 25.3 Å². The van der Waals surface area contributed by atoms with Crippen molar-refractivity contribution in [2.24, 2.45) is 5.92 Å². The Bertz CT molecular complexity index is 2560. The minimum Gasteiger partial charge on any atom is -0.497 e. The fraction of sp³-hybridized carbons (Fsp3) is 0.238. The van der Waals surface area contributed by atoms with E-state index in [0.29, 0.717) is 52.2 Å². The van der Waals surface area contributed by atoms with Gasteiger partial charge in [-0.15, -0.1) is 10.2 Å². The Labute approximate surface area is 330 Å². The van der Waals surface area contributed by atoms with Crippen molar-refractivity contribution in [3.8, 4) is 39.8 Å². The number of H-pyrrole nitrogens is 1. The maximum Gasteiger partial charge on any atom is 0.244 e. The Balaban J connectivity index is 1.32. The van der Waals surface area contributed by atoms with Crippen LogP contribution in [0.2, 0.25) is 0 Å². The molecule has 0 bridgehead atoms. The Morgan fingerprint density at radius 3 is 1.95 bits per heavy atom. The summed E-state index contributed by atoms with van der Waals surface area (Å²) < 4.78 is 49.2. The number of imidazole rings is 1. The number of anilines is 1. The standard InChI is InChI=1S/C42H43N9O5S/c1-54-33-12-4-27(5-13-33)24-50(25-28-6-14-34(55-2)15-7-28)57(52,53)40-32(20-30-22-44-23-30)10-18-36(31-11-19-37-38(21-31)46-42(43)45-37)39(40)41-47-49-51(48-41)26-29-8-16-35(56-3)17-9-29/h4-19,21,30,44H,20,22-26H2,1-3H3,(H3,43,45,46). The molecular formula is C42H43N9O5S. The van der Waals surface area contributed by atoms with Crippen LogP contribution in [0.4, 0.5) is 5.95 Å². The molecule has 57 heavy (non-hydrogen) atoms. The van der Waals surface area contributed by atoms with Crippen molar-refractivity contribution in [3.63, 3.8) is 0 Å². The van der Waals surface area contributed by atoms with Gasteiger partial charge in [-0.2, -0.15) is 9.10 Å². The number of fused-ring (bicyclic) bond motifs is 1. The van der Waals surface area contributed by atoms with Gasteiger partial charge in [0.2, 0.25) is 15.8 Å². The second-order valence-electron chi connectivity index (χ2n) is 14.0. The molecule has 0 spiro atoms. The topological polar surface area (TPSA) is 175 Å². The number of methoxy groups -OCH3 is 3. The van der Waals surface area contributed by atoms with Crippen molar-refractivity contribution >= 4 is 27.0 Å². The summed E-state index contributed by atoms with van der Waals surface area (Å²) in [5.74, 6) is 2.80. The van der Waals surface area contributed by atoms with Crippen LogP contribution >= 0.6 is 0 Å². The highest BCUT2D eigenvalue weighted by molar-refractivity contribution is 7.89. The highest BCUT2D eigenvalue weighted by atomic mass is 32.2. The van der Waals surface area contributed by atoms with E-state index in [-0.39, 0.29) is 35.7 Å². The molecular weight excluding hydrogens is 743 g/mol. The van der Waals surface area contributed by atoms with Gasteiger partial charge in [-0.3, -0.25) is 0 Å². The third-order valence-corrected chi connectivity index (χ3v) is 12.1. The number of ether oxygens (including phenoxy) is 3. The Hall–Kier alpha value is -6.29. The van der Waals surface area contributed by atoms with Crippen molar-refractivity contribution in [2.45, 2.75) is 31.0 Å². The smallest absolute Gasteiger partial charge is 0.244 e. The summed E-state index contributed by atoms with van der Waals surface area (Å²) in [6, 6.07) is 32.0. The number of nitrogen functional groups attached to an aromatic ring is 1. The van der Waals surface area contributed by atoms with E-state index in [4.69, 9.17) is 25.0 Å². The quantitative estimate of drug-likeness (QED) is 0.116. The normalized spacial score (nSPS) is 13.2. The van der Waals surface area contributed by atoms with Gasteiger partial charge in [0.05, 0.1) is 49.4 Å². The molecule has 1 aliphatic heterocycles. The van der Waals surface area contributed by atoms with Crippen LogP contribution in [0, 0.1) is 5.92 Å². The lowest BCUT2D eigenvalue weighted by Crippen LogP contribution is -2.43. The molecule has 14 nitrogen and oxygen atoms in total. The molecule has 4 N–H and O–H groups in total. The fourth-order valence-electron chi connectivity index (χ4n) is 7.07. The summed E-state index contributed by atoms with van der Waals surface area (Å²) in [5.41, 5.74) is 12.3. The first kappa shape index (κ1) is 37.6. The fourth-order valence-corrected chi connectivity index (χ4v) is 8.91. The lowest BCUT2D eigenvalue weighted by molar-refractivity contribution is 0.344. The first-order chi connectivity index (χ1) is 27.7. The average Bonchev–Trinajstić information content (AvgIpc) is 3.84. The minimum absolute atomic E-state index is 0.0867. The number of aromatic nitrogens is 6. The highest BCUT2D eigenvalue weighted by Crippen LogP contribution is 2.41. The van der Waals surface area contributed by atoms with Crippen molar-refractivity contribution < 1.29 is 22.6 Å². The number of tetrazole rings is 1. The van der Waals surface area contributed by atoms with Crippen LogP contribution in [0.1, 0.15) is 22.3 Å². The molecule has 1 aliphatic rings. The summed E-state index contributed by atoms with van der Waals surface area (Å²) in [6.45, 7) is 2.05. The first-order valence-electron chi connectivity index (χ1n) is 18.5. The molecule has 292 valence electrons. The van der Waals surface area contributed by atoms with Gasteiger partial charge in [0.25, 0.3) is 0 Å². The van der Waals surface area contributed by atoms with Gasteiger partial charge in [0.1, 0.15) is 17.2 Å². The zero-order valence-corrected chi connectivity index (χ0v) is 32.7. The molecule has 2 aromatic heterocycles. The van der Waals surface area contributed by atoms with Crippen LogP contribution in [0.5, 0.6) is 17.2 Å². The summed E-state index contributed by atoms with van der Waals surface area (Å²) in [4.78, 5) is 9.11. The minimum atomic E-state index is -4.31. The van der Waals surface area contributed by atoms with Crippen LogP contribution in [-0.4, -0.2) is 77.3 Å². The number of nitrogens with zero attached hydrogens (tertiary/aromatic N) is 6. The van der Waals surface area contributed by atoms with Gasteiger partial charge >= 0.3 is 0 Å². The number of nitrogens with two attached hydrogens (primary N) is 1. The highest BCUT2D eigenvalue weighted by Gasteiger charge is 2.35. The van der Waals surface area contributed by atoms with E-state index < -0.39 is 10.0 Å². The van der Waals surface area contributed by atoms with E-state index in [1.165, 1.54) is 9.10 Å². The number of nitrogens with one attached hydrogen (secondary N) is 2. The lowest BCUT2D eigenvalue weighted by atomic mass is 9.90. The van der Waals surface area contributed by atoms with Gasteiger partial charge in [0.15, 0.2) is 5.95 Å². The number of benzene rings is 5. The van der Waals surface area contributed by atoms with E-state index in [9.17, 15) is 0 Å². The molecule has 0 aliphatic carbocycles. The average molecular weight is 786 g/mol. The summed E-state index contributed by atoms with van der Waals surface area (Å²) >= 11 is 0. The molecule has 1 fully saturated rings. The molecule has 8 rings (SSSR count). The second kappa shape index (κ2) is 16.1. The van der Waals surface area contributed by atoms with Gasteiger partial charge in [-0.1, -0.05) is 54.6 Å². The van der Waals surface area contributed by atoms with Crippen molar-refractivity contribution in [3.05, 3.63) is 125 Å². The molecule has 3 heterocycles. The largest absolute Gasteiger partial charge is 0.497 e. The molecule has 5 aromatic carbocycles. The van der Waals surface area contributed by atoms with E-state index in [1.54, 1.807) is 21.3 Å². The molecule has 7 aromatic rings. The molecule has 0 radical (unpaired) electrons. The predicted molar refractivity (Wildman–Crippen MR) is 217 cm³/mol. The van der Waals surface area contributed by atoms with Gasteiger partial charge < -0.3 is 30.2 Å². The van der Waals surface area contributed by atoms with Gasteiger partial charge in [-0.05, 0) is 113 Å². The Morgan fingerprint density at radius 2 is 1.39 bits per heavy atom. The second-order valence-corrected chi connectivity index (χ2v) is 15.9. The molecule has 15 heteroatoms. The van der Waals surface area contributed by atoms with Crippen LogP contribution in [0.15, 0.2) is 108 Å². The van der Waals surface area contributed by atoms with E-state index in [1.807, 2.05) is 103 Å². The first-order valence-corrected chi connectivity index (χ1v) is 19.9. The van der Waals surface area contributed by atoms with Crippen LogP contribution in [0.25, 0.3) is 33.5 Å². The van der Waals surface area contributed by atoms with Crippen molar-refractivity contribution in [1.82, 2.24) is 39.8 Å². The van der Waals surface area contributed by atoms with Crippen molar-refractivity contribution in [2.75, 3.05) is 40.2 Å². The third-order valence-electron chi connectivity index (χ3n) is 10.2. The number of aromatic amines is 1. The van der Waals surface area contributed by atoms with Crippen molar-refractivity contribution in [1.29, 1.82) is 0 Å². The number of sulfonamides is 1. The lowest BCUT2D eigenvalue weighted by Gasteiger charge is -2.30. The summed E-state index contributed by atoms with van der Waals surface area (Å²) in [5, 5.41) is 17.2. The van der Waals surface area contributed by atoms with Crippen LogP contribution in [0.3, 0.4) is 0 Å². The van der Waals surface area contributed by atoms with E-state index in [2.05, 4.69) is 25.6 Å². The number of rotatable bonds is 15. The molecule has 0 saturated carbocycles.